The number of para-hydroxylation sites is 1. The van der Waals surface area contributed by atoms with E-state index < -0.39 is 6.04 Å². The summed E-state index contributed by atoms with van der Waals surface area (Å²) < 4.78 is 14.0. The monoisotopic (exact) mass is 387 g/mol. The minimum Gasteiger partial charge on any atom is -0.367 e. The fraction of sp³-hybridized carbons (Fsp3) is 0.300. The molecule has 4 rings (SSSR count). The van der Waals surface area contributed by atoms with Gasteiger partial charge >= 0.3 is 0 Å². The summed E-state index contributed by atoms with van der Waals surface area (Å²) in [6.07, 6.45) is 0.168. The number of benzene rings is 2. The van der Waals surface area contributed by atoms with Crippen molar-refractivity contribution in [3.63, 3.8) is 0 Å². The Bertz CT molecular complexity index is 866. The van der Waals surface area contributed by atoms with Crippen molar-refractivity contribution < 1.29 is 14.0 Å². The second-order valence-corrected chi connectivity index (χ2v) is 7.17. The summed E-state index contributed by atoms with van der Waals surface area (Å²) >= 11 is 5.89. The number of amides is 2. The predicted octanol–water partition coefficient (Wildman–Crippen LogP) is 2.93. The van der Waals surface area contributed by atoms with Gasteiger partial charge in [-0.1, -0.05) is 23.7 Å². The molecule has 5 nitrogen and oxygen atoms in total. The van der Waals surface area contributed by atoms with Gasteiger partial charge in [-0.15, -0.1) is 0 Å². The molecule has 0 aliphatic carbocycles. The molecule has 1 atom stereocenters. The third-order valence-electron chi connectivity index (χ3n) is 5.16. The zero-order chi connectivity index (χ0) is 19.0. The van der Waals surface area contributed by atoms with Crippen LogP contribution in [0.5, 0.6) is 0 Å². The lowest BCUT2D eigenvalue weighted by molar-refractivity contribution is -0.123. The highest BCUT2D eigenvalue weighted by atomic mass is 35.5. The topological polar surface area (TPSA) is 43.9 Å². The van der Waals surface area contributed by atoms with Crippen LogP contribution in [0.2, 0.25) is 5.02 Å². The first kappa shape index (κ1) is 17.9. The molecule has 2 fully saturated rings. The van der Waals surface area contributed by atoms with Gasteiger partial charge in [0.05, 0.1) is 23.8 Å². The number of rotatable bonds is 3. The number of halogens is 2. The van der Waals surface area contributed by atoms with Crippen LogP contribution < -0.4 is 9.80 Å². The van der Waals surface area contributed by atoms with Crippen molar-refractivity contribution in [2.24, 2.45) is 0 Å². The third kappa shape index (κ3) is 3.42. The molecule has 2 aromatic carbocycles. The first-order valence-corrected chi connectivity index (χ1v) is 9.28. The first-order chi connectivity index (χ1) is 13.0. The zero-order valence-corrected chi connectivity index (χ0v) is 15.4. The van der Waals surface area contributed by atoms with Crippen molar-refractivity contribution in [3.05, 3.63) is 59.4 Å². The lowest BCUT2D eigenvalue weighted by Gasteiger charge is -2.38. The molecule has 2 amide bonds. The first-order valence-electron chi connectivity index (χ1n) is 8.90. The molecule has 0 saturated carbocycles. The molecule has 2 aliphatic heterocycles. The van der Waals surface area contributed by atoms with Gasteiger partial charge in [-0.2, -0.15) is 0 Å². The maximum Gasteiger partial charge on any atom is 0.251 e. The van der Waals surface area contributed by atoms with Crippen LogP contribution in [0.1, 0.15) is 6.42 Å². The highest BCUT2D eigenvalue weighted by Gasteiger charge is 2.43. The molecule has 140 valence electrons. The molecule has 2 heterocycles. The molecule has 0 radical (unpaired) electrons. The van der Waals surface area contributed by atoms with Gasteiger partial charge in [0.2, 0.25) is 5.91 Å². The van der Waals surface area contributed by atoms with Crippen molar-refractivity contribution in [1.82, 2.24) is 4.90 Å². The fourth-order valence-corrected chi connectivity index (χ4v) is 3.87. The molecule has 0 bridgehead atoms. The van der Waals surface area contributed by atoms with Crippen molar-refractivity contribution in [3.8, 4) is 0 Å². The second-order valence-electron chi connectivity index (χ2n) is 6.74. The van der Waals surface area contributed by atoms with Gasteiger partial charge in [0, 0.05) is 31.2 Å². The number of hydrogen-bond donors (Lipinski definition) is 0. The van der Waals surface area contributed by atoms with Crippen LogP contribution in [-0.4, -0.2) is 48.9 Å². The highest BCUT2D eigenvalue weighted by molar-refractivity contribution is 6.30. The summed E-state index contributed by atoms with van der Waals surface area (Å²) in [5, 5.41) is 0.554. The lowest BCUT2D eigenvalue weighted by atomic mass is 10.1. The molecule has 2 aromatic rings. The predicted molar refractivity (Wildman–Crippen MR) is 103 cm³/mol. The Balaban J connectivity index is 1.44. The van der Waals surface area contributed by atoms with Crippen LogP contribution in [0.4, 0.5) is 15.8 Å². The highest BCUT2D eigenvalue weighted by Crippen LogP contribution is 2.28. The number of carbonyl (C=O) groups is 2. The van der Waals surface area contributed by atoms with Crippen molar-refractivity contribution in [1.29, 1.82) is 0 Å². The van der Waals surface area contributed by atoms with Crippen molar-refractivity contribution in [2.75, 3.05) is 36.0 Å². The maximum atomic E-state index is 14.0. The maximum absolute atomic E-state index is 14.0. The molecular weight excluding hydrogens is 369 g/mol. The van der Waals surface area contributed by atoms with E-state index in [-0.39, 0.29) is 24.1 Å². The summed E-state index contributed by atoms with van der Waals surface area (Å²) in [4.78, 5) is 30.5. The van der Waals surface area contributed by atoms with E-state index in [1.54, 1.807) is 36.4 Å². The van der Waals surface area contributed by atoms with E-state index in [1.165, 1.54) is 11.0 Å². The SMILES string of the molecule is O=C1C[C@H](N2CCN(c3ccccc3F)CC2)C(=O)N1c1ccc(Cl)cc1. The Hall–Kier alpha value is -2.44. The van der Waals surface area contributed by atoms with Crippen LogP contribution >= 0.6 is 11.6 Å². The van der Waals surface area contributed by atoms with Crippen molar-refractivity contribution in [2.45, 2.75) is 12.5 Å². The average molecular weight is 388 g/mol. The summed E-state index contributed by atoms with van der Waals surface area (Å²) in [6.45, 7) is 2.43. The molecule has 7 heteroatoms. The van der Waals surface area contributed by atoms with Crippen LogP contribution in [0.3, 0.4) is 0 Å². The molecule has 0 N–H and O–H groups in total. The van der Waals surface area contributed by atoms with Crippen LogP contribution in [0.25, 0.3) is 0 Å². The van der Waals surface area contributed by atoms with Crippen LogP contribution in [-0.2, 0) is 9.59 Å². The quantitative estimate of drug-likeness (QED) is 0.759. The third-order valence-corrected chi connectivity index (χ3v) is 5.41. The number of hydrogen-bond acceptors (Lipinski definition) is 4. The summed E-state index contributed by atoms with van der Waals surface area (Å²) in [5.41, 5.74) is 1.12. The van der Waals surface area contributed by atoms with Gasteiger partial charge in [-0.3, -0.25) is 14.5 Å². The minimum atomic E-state index is -0.462. The van der Waals surface area contributed by atoms with Crippen molar-refractivity contribution >= 4 is 34.8 Å². The van der Waals surface area contributed by atoms with Crippen LogP contribution in [0, 0.1) is 5.82 Å². The molecule has 2 aliphatic rings. The summed E-state index contributed by atoms with van der Waals surface area (Å²) in [7, 11) is 0. The Kier molecular flexibility index (Phi) is 4.85. The van der Waals surface area contributed by atoms with Gasteiger partial charge in [0.1, 0.15) is 5.82 Å². The molecule has 0 unspecified atom stereocenters. The zero-order valence-electron chi connectivity index (χ0n) is 14.6. The van der Waals surface area contributed by atoms with Gasteiger partial charge in [-0.25, -0.2) is 9.29 Å². The van der Waals surface area contributed by atoms with Gasteiger partial charge in [0.15, 0.2) is 0 Å². The normalized spacial score (nSPS) is 21.2. The Morgan fingerprint density at radius 2 is 1.59 bits per heavy atom. The number of carbonyl (C=O) groups excluding carboxylic acids is 2. The van der Waals surface area contributed by atoms with Gasteiger partial charge in [-0.05, 0) is 36.4 Å². The number of anilines is 2. The summed E-state index contributed by atoms with van der Waals surface area (Å²) in [6, 6.07) is 12.9. The molecule has 0 aromatic heterocycles. The second kappa shape index (κ2) is 7.29. The van der Waals surface area contributed by atoms with Crippen LogP contribution in [0.15, 0.2) is 48.5 Å². The average Bonchev–Trinajstić information content (AvgIpc) is 2.97. The number of nitrogens with zero attached hydrogens (tertiary/aromatic N) is 3. The Morgan fingerprint density at radius 1 is 0.926 bits per heavy atom. The molecule has 2 saturated heterocycles. The molecular formula is C20H19ClFN3O2. The van der Waals surface area contributed by atoms with E-state index in [1.807, 2.05) is 15.9 Å². The minimum absolute atomic E-state index is 0.168. The molecule has 0 spiro atoms. The lowest BCUT2D eigenvalue weighted by Crippen LogP contribution is -2.52. The molecule has 27 heavy (non-hydrogen) atoms. The Labute approximate surface area is 161 Å². The summed E-state index contributed by atoms with van der Waals surface area (Å²) in [5.74, 6) is -0.655. The Morgan fingerprint density at radius 3 is 2.26 bits per heavy atom. The largest absolute Gasteiger partial charge is 0.367 e. The standard InChI is InChI=1S/C20H19ClFN3O2/c21-14-5-7-15(8-6-14)25-19(26)13-18(20(25)27)24-11-9-23(10-12-24)17-4-2-1-3-16(17)22/h1-8,18H,9-13H2/t18-/m0/s1. The smallest absolute Gasteiger partial charge is 0.251 e. The van der Waals surface area contributed by atoms with Gasteiger partial charge in [0.25, 0.3) is 5.91 Å². The van der Waals surface area contributed by atoms with E-state index in [0.717, 1.165) is 0 Å². The number of piperazine rings is 1. The van der Waals surface area contributed by atoms with E-state index in [0.29, 0.717) is 42.6 Å². The van der Waals surface area contributed by atoms with E-state index in [4.69, 9.17) is 11.6 Å². The van der Waals surface area contributed by atoms with Gasteiger partial charge < -0.3 is 4.90 Å². The number of imide groups is 1. The van der Waals surface area contributed by atoms with E-state index in [2.05, 4.69) is 0 Å². The van der Waals surface area contributed by atoms with E-state index >= 15 is 0 Å². The van der Waals surface area contributed by atoms with E-state index in [9.17, 15) is 14.0 Å². The fourth-order valence-electron chi connectivity index (χ4n) is 3.75.